The average molecular weight is 453 g/mol. The number of aliphatic hydroxyl groups excluding tert-OH is 6. The van der Waals surface area contributed by atoms with Gasteiger partial charge in [-0.05, 0) is 0 Å². The summed E-state index contributed by atoms with van der Waals surface area (Å²) in [5.74, 6) is -4.75. The Bertz CT molecular complexity index is 682. The first-order valence-electron chi connectivity index (χ1n) is 9.48. The molecule has 0 aromatic heterocycles. The van der Waals surface area contributed by atoms with Gasteiger partial charge < -0.3 is 50.9 Å². The third kappa shape index (κ3) is 3.72. The zero-order chi connectivity index (χ0) is 22.5. The highest BCUT2D eigenvalue weighted by atomic mass is 32.2. The highest BCUT2D eigenvalue weighted by molar-refractivity contribution is 8.00. The highest BCUT2D eigenvalue weighted by Gasteiger charge is 2.68. The van der Waals surface area contributed by atoms with Crippen LogP contribution in [0.25, 0.3) is 0 Å². The Hall–Kier alpha value is -1.03. The number of fused-ring (bicyclic) bond motifs is 3. The number of ether oxygens (including phenoxy) is 1. The Morgan fingerprint density at radius 2 is 1.77 bits per heavy atom. The van der Waals surface area contributed by atoms with Crippen LogP contribution in [-0.2, 0) is 14.3 Å². The summed E-state index contributed by atoms with van der Waals surface area (Å²) in [4.78, 5) is 23.6. The van der Waals surface area contributed by atoms with Gasteiger partial charge >= 0.3 is 5.97 Å². The monoisotopic (exact) mass is 453 g/mol. The second kappa shape index (κ2) is 8.48. The average Bonchev–Trinajstić information content (AvgIpc) is 2.65. The van der Waals surface area contributed by atoms with Crippen molar-refractivity contribution in [1.29, 1.82) is 0 Å². The quantitative estimate of drug-likeness (QED) is 0.193. The van der Waals surface area contributed by atoms with Crippen LogP contribution in [0.3, 0.4) is 0 Å². The molecule has 0 unspecified atom stereocenters. The number of carbonyl (C=O) groups excluding carboxylic acids is 1. The molecule has 4 fully saturated rings. The van der Waals surface area contributed by atoms with Crippen molar-refractivity contribution in [2.75, 3.05) is 6.61 Å². The fraction of sp³-hybridized carbons (Fsp3) is 0.882. The molecule has 4 aliphatic rings. The normalized spacial score (nSPS) is 50.9. The molecule has 3 aliphatic carbocycles. The van der Waals surface area contributed by atoms with Gasteiger partial charge in [-0.25, -0.2) is 0 Å². The smallest absolute Gasteiger partial charge is 0.308 e. The van der Waals surface area contributed by atoms with E-state index < -0.39 is 95.7 Å². The number of thioether (sulfide) groups is 1. The van der Waals surface area contributed by atoms with Gasteiger partial charge in [0.1, 0.15) is 35.5 Å². The summed E-state index contributed by atoms with van der Waals surface area (Å²) in [5.41, 5.74) is -3.43. The predicted molar refractivity (Wildman–Crippen MR) is 98.9 cm³/mol. The van der Waals surface area contributed by atoms with Gasteiger partial charge in [-0.2, -0.15) is 0 Å². The van der Waals surface area contributed by atoms with Gasteiger partial charge in [-0.3, -0.25) is 9.59 Å². The molecule has 2 bridgehead atoms. The maximum absolute atomic E-state index is 12.0. The second-order valence-electron chi connectivity index (χ2n) is 8.13. The van der Waals surface area contributed by atoms with E-state index in [4.69, 9.17) is 4.74 Å². The molecule has 1 aliphatic heterocycles. The minimum atomic E-state index is -2.21. The molecule has 1 heterocycles. The number of amides is 1. The molecule has 1 amide bonds. The number of hydrogen-bond donors (Lipinski definition) is 9. The van der Waals surface area contributed by atoms with Crippen molar-refractivity contribution in [2.24, 2.45) is 11.8 Å². The Morgan fingerprint density at radius 1 is 1.13 bits per heavy atom. The zero-order valence-corrected chi connectivity index (χ0v) is 16.8. The van der Waals surface area contributed by atoms with Gasteiger partial charge in [0.25, 0.3) is 0 Å². The molecule has 0 spiro atoms. The number of rotatable bonds is 5. The number of aliphatic carboxylic acids is 1. The standard InChI is InChI=1S/C17H27NO11S/c1-4(20)18-9-12(24)10(22)6(3-19)29-16(9)30-14-8(15(26)27)7-5(21)2-17(14,28)13(25)11(7)23/h5-14,16,19,21-25,28H,2-3H2,1H3,(H,18,20)(H,26,27)/t5-,6-,7+,8-,9-,10-,11-,12-,13-,14-,16+,17-/m1/s1. The maximum atomic E-state index is 12.0. The summed E-state index contributed by atoms with van der Waals surface area (Å²) >= 11 is 0.690. The molecular weight excluding hydrogens is 426 g/mol. The molecule has 1 saturated heterocycles. The number of carboxylic acid groups (broad SMARTS) is 1. The van der Waals surface area contributed by atoms with Crippen LogP contribution in [0.15, 0.2) is 0 Å². The molecule has 172 valence electrons. The van der Waals surface area contributed by atoms with E-state index in [2.05, 4.69) is 5.32 Å². The maximum Gasteiger partial charge on any atom is 0.308 e. The first kappa shape index (κ1) is 23.6. The van der Waals surface area contributed by atoms with Crippen LogP contribution in [0, 0.1) is 11.8 Å². The number of hydrogen-bond acceptors (Lipinski definition) is 11. The Labute approximate surface area is 175 Å². The van der Waals surface area contributed by atoms with Gasteiger partial charge in [0.05, 0.1) is 36.0 Å². The lowest BCUT2D eigenvalue weighted by Crippen LogP contribution is -2.75. The van der Waals surface area contributed by atoms with Gasteiger partial charge in [0.2, 0.25) is 5.91 Å². The van der Waals surface area contributed by atoms with Crippen molar-refractivity contribution < 1.29 is 55.2 Å². The zero-order valence-electron chi connectivity index (χ0n) is 16.0. The van der Waals surface area contributed by atoms with Gasteiger partial charge in [0, 0.05) is 19.3 Å². The van der Waals surface area contributed by atoms with E-state index in [0.717, 1.165) is 6.92 Å². The van der Waals surface area contributed by atoms with E-state index in [-0.39, 0.29) is 0 Å². The van der Waals surface area contributed by atoms with E-state index in [9.17, 15) is 50.4 Å². The molecule has 12 nitrogen and oxygen atoms in total. The van der Waals surface area contributed by atoms with Crippen LogP contribution in [0.1, 0.15) is 13.3 Å². The Kier molecular flexibility index (Phi) is 6.68. The van der Waals surface area contributed by atoms with Crippen LogP contribution in [0.2, 0.25) is 0 Å². The molecule has 0 radical (unpaired) electrons. The lowest BCUT2D eigenvalue weighted by molar-refractivity contribution is -0.249. The topological polar surface area (TPSA) is 217 Å². The molecule has 13 heteroatoms. The number of nitrogens with one attached hydrogen (secondary N) is 1. The van der Waals surface area contributed by atoms with Crippen LogP contribution >= 0.6 is 11.8 Å². The molecule has 0 aromatic rings. The van der Waals surface area contributed by atoms with E-state index in [1.165, 1.54) is 0 Å². The van der Waals surface area contributed by atoms with E-state index in [1.807, 2.05) is 0 Å². The van der Waals surface area contributed by atoms with Crippen molar-refractivity contribution >= 4 is 23.6 Å². The summed E-state index contributed by atoms with van der Waals surface area (Å²) in [6.07, 6.45) is -9.55. The lowest BCUT2D eigenvalue weighted by atomic mass is 9.57. The van der Waals surface area contributed by atoms with Crippen LogP contribution in [0.4, 0.5) is 0 Å². The van der Waals surface area contributed by atoms with E-state index in [1.54, 1.807) is 0 Å². The molecule has 4 rings (SSSR count). The van der Waals surface area contributed by atoms with Crippen LogP contribution in [-0.4, -0.2) is 118 Å². The second-order valence-corrected chi connectivity index (χ2v) is 9.37. The molecule has 30 heavy (non-hydrogen) atoms. The number of carboxylic acids is 1. The summed E-state index contributed by atoms with van der Waals surface area (Å²) in [5, 5.41) is 82.7. The minimum Gasteiger partial charge on any atom is -0.481 e. The first-order chi connectivity index (χ1) is 13.9. The predicted octanol–water partition coefficient (Wildman–Crippen LogP) is -4.42. The summed E-state index contributed by atoms with van der Waals surface area (Å²) in [6.45, 7) is 0.480. The molecule has 3 saturated carbocycles. The van der Waals surface area contributed by atoms with Gasteiger partial charge in [-0.15, -0.1) is 11.8 Å². The Morgan fingerprint density at radius 3 is 2.30 bits per heavy atom. The van der Waals surface area contributed by atoms with Crippen molar-refractivity contribution in [1.82, 2.24) is 5.32 Å². The Balaban J connectivity index is 1.96. The SMILES string of the molecule is CC(=O)N[C@@H]1[C@@H](O)[C@H](O)[C@@H](CO)O[C@H]1S[C@@H]1[C@H](C(=O)O)[C@H]2[C@@H](O)[C@@H](O)[C@]1(O)C[C@H]2O. The molecular formula is C17H27NO11S. The summed E-state index contributed by atoms with van der Waals surface area (Å²) in [7, 11) is 0. The molecule has 12 atom stereocenters. The fourth-order valence-corrected chi connectivity index (χ4v) is 6.64. The lowest BCUT2D eigenvalue weighted by Gasteiger charge is -2.59. The van der Waals surface area contributed by atoms with Crippen LogP contribution in [0.5, 0.6) is 0 Å². The number of aliphatic hydroxyl groups is 7. The summed E-state index contributed by atoms with van der Waals surface area (Å²) < 4.78 is 5.58. The highest BCUT2D eigenvalue weighted by Crippen LogP contribution is 2.54. The largest absolute Gasteiger partial charge is 0.481 e. The van der Waals surface area contributed by atoms with Crippen molar-refractivity contribution in [3.63, 3.8) is 0 Å². The van der Waals surface area contributed by atoms with Crippen molar-refractivity contribution in [3.05, 3.63) is 0 Å². The van der Waals surface area contributed by atoms with Gasteiger partial charge in [0.15, 0.2) is 0 Å². The fourth-order valence-electron chi connectivity index (χ4n) is 4.80. The van der Waals surface area contributed by atoms with E-state index >= 15 is 0 Å². The molecule has 0 aromatic carbocycles. The van der Waals surface area contributed by atoms with Crippen LogP contribution < -0.4 is 5.32 Å². The minimum absolute atomic E-state index is 0.399. The third-order valence-electron chi connectivity index (χ3n) is 6.26. The van der Waals surface area contributed by atoms with Gasteiger partial charge in [-0.1, -0.05) is 0 Å². The molecule has 9 N–H and O–H groups in total. The summed E-state index contributed by atoms with van der Waals surface area (Å²) in [6, 6.07) is -1.23. The first-order valence-corrected chi connectivity index (χ1v) is 10.4. The van der Waals surface area contributed by atoms with Crippen molar-refractivity contribution in [2.45, 2.75) is 72.3 Å². The van der Waals surface area contributed by atoms with E-state index in [0.29, 0.717) is 11.8 Å². The van der Waals surface area contributed by atoms with Crippen molar-refractivity contribution in [3.8, 4) is 0 Å². The number of carbonyl (C=O) groups is 2. The third-order valence-corrected chi connectivity index (χ3v) is 7.93.